The highest BCUT2D eigenvalue weighted by molar-refractivity contribution is 5.95. The molecule has 1 aromatic carbocycles. The standard InChI is InChI=1S/C17H20N2O4/c1-11-4-7-14(17(18)21)15(8-11)22-10-16(20)19(3)9-13-6-5-12(2)23-13/h4-8H,9-10H2,1-3H3,(H2,18,21). The number of nitrogens with two attached hydrogens (primary N) is 1. The summed E-state index contributed by atoms with van der Waals surface area (Å²) < 4.78 is 10.9. The van der Waals surface area contributed by atoms with Crippen LogP contribution in [0.3, 0.4) is 0 Å². The van der Waals surface area contributed by atoms with E-state index < -0.39 is 5.91 Å². The number of nitrogens with zero attached hydrogens (tertiary/aromatic N) is 1. The van der Waals surface area contributed by atoms with Gasteiger partial charge in [-0.3, -0.25) is 9.59 Å². The van der Waals surface area contributed by atoms with Gasteiger partial charge in [0.1, 0.15) is 17.3 Å². The van der Waals surface area contributed by atoms with E-state index in [4.69, 9.17) is 14.9 Å². The number of amides is 2. The number of hydrogen-bond donors (Lipinski definition) is 1. The van der Waals surface area contributed by atoms with E-state index in [1.165, 1.54) is 4.90 Å². The topological polar surface area (TPSA) is 85.8 Å². The fourth-order valence-electron chi connectivity index (χ4n) is 2.09. The van der Waals surface area contributed by atoms with Crippen LogP contribution in [0, 0.1) is 13.8 Å². The smallest absolute Gasteiger partial charge is 0.260 e. The monoisotopic (exact) mass is 316 g/mol. The summed E-state index contributed by atoms with van der Waals surface area (Å²) in [5.74, 6) is 0.991. The van der Waals surface area contributed by atoms with Crippen molar-refractivity contribution in [3.63, 3.8) is 0 Å². The Morgan fingerprint density at radius 2 is 1.96 bits per heavy atom. The number of rotatable bonds is 6. The molecule has 0 bridgehead atoms. The molecule has 2 aromatic rings. The first-order valence-corrected chi connectivity index (χ1v) is 7.19. The van der Waals surface area contributed by atoms with E-state index >= 15 is 0 Å². The summed E-state index contributed by atoms with van der Waals surface area (Å²) in [6.45, 7) is 3.88. The molecule has 0 unspecified atom stereocenters. The zero-order valence-corrected chi connectivity index (χ0v) is 13.5. The lowest BCUT2D eigenvalue weighted by Gasteiger charge is -2.17. The van der Waals surface area contributed by atoms with Crippen molar-refractivity contribution in [2.45, 2.75) is 20.4 Å². The van der Waals surface area contributed by atoms with E-state index in [1.807, 2.05) is 26.0 Å². The predicted molar refractivity (Wildman–Crippen MR) is 85.1 cm³/mol. The summed E-state index contributed by atoms with van der Waals surface area (Å²) in [7, 11) is 1.66. The van der Waals surface area contributed by atoms with Gasteiger partial charge in [-0.2, -0.15) is 0 Å². The number of carbonyl (C=O) groups is 2. The molecular weight excluding hydrogens is 296 g/mol. The second-order valence-electron chi connectivity index (χ2n) is 5.41. The van der Waals surface area contributed by atoms with Crippen molar-refractivity contribution < 1.29 is 18.7 Å². The van der Waals surface area contributed by atoms with E-state index in [0.29, 0.717) is 18.1 Å². The number of aryl methyl sites for hydroxylation is 2. The average Bonchev–Trinajstić information content (AvgIpc) is 2.89. The Morgan fingerprint density at radius 1 is 1.22 bits per heavy atom. The molecule has 0 radical (unpaired) electrons. The molecule has 23 heavy (non-hydrogen) atoms. The van der Waals surface area contributed by atoms with Crippen molar-refractivity contribution in [1.29, 1.82) is 0 Å². The van der Waals surface area contributed by atoms with Gasteiger partial charge in [-0.25, -0.2) is 0 Å². The molecule has 0 aliphatic heterocycles. The first kappa shape index (κ1) is 16.6. The highest BCUT2D eigenvalue weighted by Gasteiger charge is 2.15. The number of likely N-dealkylation sites (N-methyl/N-ethyl adjacent to an activating group) is 1. The summed E-state index contributed by atoms with van der Waals surface area (Å²) >= 11 is 0. The van der Waals surface area contributed by atoms with E-state index in [1.54, 1.807) is 25.2 Å². The Morgan fingerprint density at radius 3 is 2.57 bits per heavy atom. The van der Waals surface area contributed by atoms with Crippen LogP contribution < -0.4 is 10.5 Å². The SMILES string of the molecule is Cc1ccc(C(N)=O)c(OCC(=O)N(C)Cc2ccc(C)o2)c1. The molecule has 1 heterocycles. The fourth-order valence-corrected chi connectivity index (χ4v) is 2.09. The van der Waals surface area contributed by atoms with Crippen LogP contribution in [0.2, 0.25) is 0 Å². The molecule has 1 aromatic heterocycles. The molecule has 6 heteroatoms. The van der Waals surface area contributed by atoms with Crippen molar-refractivity contribution in [1.82, 2.24) is 4.90 Å². The quantitative estimate of drug-likeness (QED) is 0.883. The lowest BCUT2D eigenvalue weighted by molar-refractivity contribution is -0.132. The molecule has 0 atom stereocenters. The molecule has 2 amide bonds. The van der Waals surface area contributed by atoms with Gasteiger partial charge in [0, 0.05) is 7.05 Å². The minimum absolute atomic E-state index is 0.181. The minimum Gasteiger partial charge on any atom is -0.483 e. The Bertz CT molecular complexity index is 721. The fraction of sp³-hybridized carbons (Fsp3) is 0.294. The van der Waals surface area contributed by atoms with Gasteiger partial charge >= 0.3 is 0 Å². The van der Waals surface area contributed by atoms with Crippen LogP contribution >= 0.6 is 0 Å². The van der Waals surface area contributed by atoms with Crippen LogP contribution in [0.15, 0.2) is 34.7 Å². The number of hydrogen-bond acceptors (Lipinski definition) is 4. The van der Waals surface area contributed by atoms with Crippen LogP contribution in [0.5, 0.6) is 5.75 Å². The molecule has 6 nitrogen and oxygen atoms in total. The third kappa shape index (κ3) is 4.35. The van der Waals surface area contributed by atoms with Crippen LogP contribution in [0.25, 0.3) is 0 Å². The van der Waals surface area contributed by atoms with Gasteiger partial charge in [0.05, 0.1) is 12.1 Å². The van der Waals surface area contributed by atoms with Gasteiger partial charge in [0.25, 0.3) is 11.8 Å². The van der Waals surface area contributed by atoms with Crippen LogP contribution in [-0.4, -0.2) is 30.4 Å². The van der Waals surface area contributed by atoms with E-state index in [2.05, 4.69) is 0 Å². The first-order chi connectivity index (χ1) is 10.9. The normalized spacial score (nSPS) is 10.4. The largest absolute Gasteiger partial charge is 0.483 e. The number of ether oxygens (including phenoxy) is 1. The minimum atomic E-state index is -0.591. The molecule has 0 aliphatic rings. The van der Waals surface area contributed by atoms with E-state index in [-0.39, 0.29) is 18.1 Å². The van der Waals surface area contributed by atoms with Crippen LogP contribution in [0.1, 0.15) is 27.4 Å². The Hall–Kier alpha value is -2.76. The molecule has 0 saturated heterocycles. The van der Waals surface area contributed by atoms with Crippen molar-refractivity contribution in [3.8, 4) is 5.75 Å². The van der Waals surface area contributed by atoms with Gasteiger partial charge in [0.2, 0.25) is 0 Å². The van der Waals surface area contributed by atoms with Gasteiger partial charge in [0.15, 0.2) is 6.61 Å². The molecule has 0 fully saturated rings. The molecule has 2 N–H and O–H groups in total. The zero-order valence-electron chi connectivity index (χ0n) is 13.5. The second-order valence-corrected chi connectivity index (χ2v) is 5.41. The summed E-state index contributed by atoms with van der Waals surface area (Å²) in [4.78, 5) is 25.0. The Balaban J connectivity index is 1.98. The highest BCUT2D eigenvalue weighted by Crippen LogP contribution is 2.20. The molecule has 2 rings (SSSR count). The molecular formula is C17H20N2O4. The van der Waals surface area contributed by atoms with Crippen LogP contribution in [0.4, 0.5) is 0 Å². The van der Waals surface area contributed by atoms with Gasteiger partial charge in [-0.1, -0.05) is 6.07 Å². The molecule has 0 aliphatic carbocycles. The lowest BCUT2D eigenvalue weighted by Crippen LogP contribution is -2.31. The zero-order chi connectivity index (χ0) is 17.0. The van der Waals surface area contributed by atoms with Crippen LogP contribution in [-0.2, 0) is 11.3 Å². The third-order valence-corrected chi connectivity index (χ3v) is 3.37. The molecule has 0 spiro atoms. The average molecular weight is 316 g/mol. The predicted octanol–water partition coefficient (Wildman–Crippen LogP) is 2.03. The second kappa shape index (κ2) is 7.00. The molecule has 0 saturated carbocycles. The number of benzene rings is 1. The summed E-state index contributed by atoms with van der Waals surface area (Å²) in [6, 6.07) is 8.71. The maximum Gasteiger partial charge on any atom is 0.260 e. The summed E-state index contributed by atoms with van der Waals surface area (Å²) in [6.07, 6.45) is 0. The van der Waals surface area contributed by atoms with Crippen molar-refractivity contribution in [2.24, 2.45) is 5.73 Å². The first-order valence-electron chi connectivity index (χ1n) is 7.19. The van der Waals surface area contributed by atoms with Crippen molar-refractivity contribution in [3.05, 3.63) is 53.0 Å². The summed E-state index contributed by atoms with van der Waals surface area (Å²) in [5, 5.41) is 0. The highest BCUT2D eigenvalue weighted by atomic mass is 16.5. The Labute approximate surface area is 134 Å². The van der Waals surface area contributed by atoms with Gasteiger partial charge in [-0.15, -0.1) is 0 Å². The Kier molecular flexibility index (Phi) is 5.05. The number of carbonyl (C=O) groups excluding carboxylic acids is 2. The van der Waals surface area contributed by atoms with Crippen molar-refractivity contribution in [2.75, 3.05) is 13.7 Å². The van der Waals surface area contributed by atoms with E-state index in [0.717, 1.165) is 11.3 Å². The maximum atomic E-state index is 12.1. The van der Waals surface area contributed by atoms with Crippen molar-refractivity contribution >= 4 is 11.8 Å². The molecule has 122 valence electrons. The van der Waals surface area contributed by atoms with E-state index in [9.17, 15) is 9.59 Å². The maximum absolute atomic E-state index is 12.1. The third-order valence-electron chi connectivity index (χ3n) is 3.37. The lowest BCUT2D eigenvalue weighted by atomic mass is 10.1. The van der Waals surface area contributed by atoms with Gasteiger partial charge in [-0.05, 0) is 43.7 Å². The number of primary amides is 1. The summed E-state index contributed by atoms with van der Waals surface area (Å²) in [5.41, 5.74) is 6.48. The van der Waals surface area contributed by atoms with Gasteiger partial charge < -0.3 is 19.8 Å². The number of furan rings is 1.